The smallest absolute Gasteiger partial charge is 0.243 e. The van der Waals surface area contributed by atoms with Gasteiger partial charge in [-0.25, -0.2) is 4.98 Å². The van der Waals surface area contributed by atoms with Gasteiger partial charge in [0.2, 0.25) is 5.89 Å². The summed E-state index contributed by atoms with van der Waals surface area (Å²) < 4.78 is 5.54. The summed E-state index contributed by atoms with van der Waals surface area (Å²) in [7, 11) is 0. The highest BCUT2D eigenvalue weighted by molar-refractivity contribution is 5.74. The van der Waals surface area contributed by atoms with Gasteiger partial charge in [0.1, 0.15) is 5.82 Å². The quantitative estimate of drug-likeness (QED) is 0.785. The molecule has 6 nitrogen and oxygen atoms in total. The molecule has 0 unspecified atom stereocenters. The molecule has 5 rings (SSSR count). The van der Waals surface area contributed by atoms with Crippen LogP contribution in [0.1, 0.15) is 68.0 Å². The number of nitrogens with one attached hydrogen (secondary N) is 1. The van der Waals surface area contributed by atoms with E-state index in [-0.39, 0.29) is 6.04 Å². The van der Waals surface area contributed by atoms with E-state index < -0.39 is 0 Å². The van der Waals surface area contributed by atoms with Crippen molar-refractivity contribution in [2.45, 2.75) is 50.5 Å². The minimum atomic E-state index is 0.159. The predicted molar refractivity (Wildman–Crippen MR) is 94.3 cm³/mol. The zero-order valence-electron chi connectivity index (χ0n) is 14.5. The van der Waals surface area contributed by atoms with E-state index in [2.05, 4.69) is 39.1 Å². The van der Waals surface area contributed by atoms with E-state index in [4.69, 9.17) is 9.51 Å². The van der Waals surface area contributed by atoms with Crippen molar-refractivity contribution in [3.63, 3.8) is 0 Å². The molecule has 25 heavy (non-hydrogen) atoms. The van der Waals surface area contributed by atoms with Crippen LogP contribution in [0.4, 0.5) is 0 Å². The summed E-state index contributed by atoms with van der Waals surface area (Å²) in [5.74, 6) is 3.71. The molecule has 1 aromatic carbocycles. The SMILES string of the molecule is C[C@@H](c1nc(C2CC2)no1)N1CCC[C@@H](c2nc3ccccc3[nH]2)C1. The molecule has 0 spiro atoms. The average Bonchev–Trinajstić information content (AvgIpc) is 3.22. The van der Waals surface area contributed by atoms with E-state index in [0.29, 0.717) is 11.8 Å². The van der Waals surface area contributed by atoms with E-state index in [1.54, 1.807) is 0 Å². The number of H-pyrrole nitrogens is 1. The van der Waals surface area contributed by atoms with E-state index in [1.807, 2.05) is 12.1 Å². The van der Waals surface area contributed by atoms with Gasteiger partial charge in [0.15, 0.2) is 5.82 Å². The van der Waals surface area contributed by atoms with Crippen LogP contribution in [0.5, 0.6) is 0 Å². The van der Waals surface area contributed by atoms with Gasteiger partial charge < -0.3 is 9.51 Å². The Balaban J connectivity index is 1.34. The summed E-state index contributed by atoms with van der Waals surface area (Å²) in [4.78, 5) is 15.4. The molecular weight excluding hydrogens is 314 g/mol. The van der Waals surface area contributed by atoms with E-state index in [0.717, 1.165) is 48.1 Å². The molecule has 0 bridgehead atoms. The van der Waals surface area contributed by atoms with Crippen molar-refractivity contribution in [1.29, 1.82) is 0 Å². The summed E-state index contributed by atoms with van der Waals surface area (Å²) in [5, 5.41) is 4.17. The Labute approximate surface area is 146 Å². The third kappa shape index (κ3) is 2.84. The van der Waals surface area contributed by atoms with Gasteiger partial charge in [-0.05, 0) is 51.3 Å². The summed E-state index contributed by atoms with van der Waals surface area (Å²) in [6.45, 7) is 4.21. The number of piperidine rings is 1. The van der Waals surface area contributed by atoms with Crippen LogP contribution in [-0.4, -0.2) is 38.1 Å². The fraction of sp³-hybridized carbons (Fsp3) is 0.526. The molecule has 2 fully saturated rings. The van der Waals surface area contributed by atoms with Gasteiger partial charge in [-0.2, -0.15) is 4.98 Å². The molecule has 1 N–H and O–H groups in total. The number of benzene rings is 1. The maximum atomic E-state index is 5.54. The summed E-state index contributed by atoms with van der Waals surface area (Å²) in [6, 6.07) is 8.40. The molecule has 0 radical (unpaired) electrons. The Morgan fingerprint density at radius 2 is 2.04 bits per heavy atom. The normalized spacial score (nSPS) is 23.2. The van der Waals surface area contributed by atoms with Crippen molar-refractivity contribution in [3.05, 3.63) is 41.8 Å². The fourth-order valence-corrected chi connectivity index (χ4v) is 3.83. The molecule has 2 atom stereocenters. The van der Waals surface area contributed by atoms with Gasteiger partial charge >= 0.3 is 0 Å². The van der Waals surface area contributed by atoms with Crippen molar-refractivity contribution in [2.24, 2.45) is 0 Å². The zero-order valence-corrected chi connectivity index (χ0v) is 14.5. The Morgan fingerprint density at radius 1 is 1.16 bits per heavy atom. The molecule has 3 heterocycles. The minimum absolute atomic E-state index is 0.159. The van der Waals surface area contributed by atoms with Gasteiger partial charge in [-0.3, -0.25) is 4.90 Å². The predicted octanol–water partition coefficient (Wildman–Crippen LogP) is 3.76. The van der Waals surface area contributed by atoms with Crippen LogP contribution >= 0.6 is 0 Å². The average molecular weight is 337 g/mol. The second-order valence-electron chi connectivity index (χ2n) is 7.41. The molecule has 1 saturated heterocycles. The number of fused-ring (bicyclic) bond motifs is 1. The molecule has 1 saturated carbocycles. The van der Waals surface area contributed by atoms with Crippen LogP contribution in [0.15, 0.2) is 28.8 Å². The second kappa shape index (κ2) is 5.95. The number of likely N-dealkylation sites (tertiary alicyclic amines) is 1. The van der Waals surface area contributed by atoms with Gasteiger partial charge in [0, 0.05) is 18.4 Å². The van der Waals surface area contributed by atoms with Crippen LogP contribution in [0, 0.1) is 0 Å². The molecular formula is C19H23N5O. The van der Waals surface area contributed by atoms with Crippen LogP contribution < -0.4 is 0 Å². The number of rotatable bonds is 4. The van der Waals surface area contributed by atoms with Crippen LogP contribution in [-0.2, 0) is 0 Å². The highest BCUT2D eigenvalue weighted by Crippen LogP contribution is 2.39. The topological polar surface area (TPSA) is 70.8 Å². The van der Waals surface area contributed by atoms with Crippen molar-refractivity contribution >= 4 is 11.0 Å². The number of aromatic nitrogens is 4. The number of hydrogen-bond acceptors (Lipinski definition) is 5. The lowest BCUT2D eigenvalue weighted by Crippen LogP contribution is -2.36. The van der Waals surface area contributed by atoms with Crippen molar-refractivity contribution in [3.8, 4) is 0 Å². The lowest BCUT2D eigenvalue weighted by atomic mass is 9.96. The van der Waals surface area contributed by atoms with Gasteiger partial charge in [-0.15, -0.1) is 0 Å². The number of para-hydroxylation sites is 2. The Bertz CT molecular complexity index is 848. The van der Waals surface area contributed by atoms with E-state index in [1.165, 1.54) is 19.3 Å². The first kappa shape index (κ1) is 15.1. The highest BCUT2D eigenvalue weighted by atomic mass is 16.5. The monoisotopic (exact) mass is 337 g/mol. The van der Waals surface area contributed by atoms with Crippen LogP contribution in [0.2, 0.25) is 0 Å². The van der Waals surface area contributed by atoms with E-state index >= 15 is 0 Å². The van der Waals surface area contributed by atoms with Crippen LogP contribution in [0.3, 0.4) is 0 Å². The van der Waals surface area contributed by atoms with Crippen molar-refractivity contribution < 1.29 is 4.52 Å². The molecule has 1 aliphatic heterocycles. The minimum Gasteiger partial charge on any atom is -0.342 e. The maximum absolute atomic E-state index is 5.54. The number of nitrogens with zero attached hydrogens (tertiary/aromatic N) is 4. The molecule has 2 aliphatic rings. The van der Waals surface area contributed by atoms with Crippen LogP contribution in [0.25, 0.3) is 11.0 Å². The second-order valence-corrected chi connectivity index (χ2v) is 7.41. The first-order chi connectivity index (χ1) is 12.3. The Hall–Kier alpha value is -2.21. The van der Waals surface area contributed by atoms with Crippen molar-refractivity contribution in [1.82, 2.24) is 25.0 Å². The third-order valence-electron chi connectivity index (χ3n) is 5.55. The lowest BCUT2D eigenvalue weighted by Gasteiger charge is -2.34. The summed E-state index contributed by atoms with van der Waals surface area (Å²) in [5.41, 5.74) is 2.17. The molecule has 3 aromatic rings. The Kier molecular flexibility index (Phi) is 3.59. The highest BCUT2D eigenvalue weighted by Gasteiger charge is 2.32. The molecule has 130 valence electrons. The van der Waals surface area contributed by atoms with Crippen molar-refractivity contribution in [2.75, 3.05) is 13.1 Å². The number of aromatic amines is 1. The first-order valence-electron chi connectivity index (χ1n) is 9.30. The van der Waals surface area contributed by atoms with Gasteiger partial charge in [-0.1, -0.05) is 17.3 Å². The fourth-order valence-electron chi connectivity index (χ4n) is 3.83. The Morgan fingerprint density at radius 3 is 2.88 bits per heavy atom. The lowest BCUT2D eigenvalue weighted by molar-refractivity contribution is 0.131. The largest absolute Gasteiger partial charge is 0.342 e. The van der Waals surface area contributed by atoms with Gasteiger partial charge in [0.05, 0.1) is 17.1 Å². The summed E-state index contributed by atoms with van der Waals surface area (Å²) in [6.07, 6.45) is 4.73. The zero-order chi connectivity index (χ0) is 16.8. The van der Waals surface area contributed by atoms with Gasteiger partial charge in [0.25, 0.3) is 0 Å². The first-order valence-corrected chi connectivity index (χ1v) is 9.30. The van der Waals surface area contributed by atoms with E-state index in [9.17, 15) is 0 Å². The number of imidazole rings is 1. The molecule has 2 aromatic heterocycles. The molecule has 0 amide bonds. The standard InChI is InChI=1S/C19H23N5O/c1-12(19-22-18(23-25-19)13-8-9-13)24-10-4-5-14(11-24)17-20-15-6-2-3-7-16(15)21-17/h2-3,6-7,12-14H,4-5,8-11H2,1H3,(H,20,21)/t12-,14+/m0/s1. The third-order valence-corrected chi connectivity index (χ3v) is 5.55. The summed E-state index contributed by atoms with van der Waals surface area (Å²) >= 11 is 0. The molecule has 1 aliphatic carbocycles. The molecule has 6 heteroatoms. The number of hydrogen-bond donors (Lipinski definition) is 1. The maximum Gasteiger partial charge on any atom is 0.243 e.